The van der Waals surface area contributed by atoms with Crippen molar-refractivity contribution in [2.24, 2.45) is 22.2 Å². The van der Waals surface area contributed by atoms with E-state index < -0.39 is 0 Å². The van der Waals surface area contributed by atoms with Crippen molar-refractivity contribution in [3.8, 4) is 0 Å². The maximum atomic E-state index is 8.90. The van der Waals surface area contributed by atoms with Crippen LogP contribution in [0.2, 0.25) is 0 Å². The molecule has 3 nitrogen and oxygen atoms in total. The zero-order valence-electron chi connectivity index (χ0n) is 13.0. The van der Waals surface area contributed by atoms with Crippen LogP contribution in [0, 0.1) is 27.6 Å². The normalized spacial score (nSPS) is 50.5. The monoisotopic (exact) mass is 276 g/mol. The molecule has 5 fully saturated rings. The number of nitrogens with one attached hydrogen (secondary N) is 1. The lowest BCUT2D eigenvalue weighted by molar-refractivity contribution is -0.120. The third kappa shape index (κ3) is 1.85. The Morgan fingerprint density at radius 1 is 1.00 bits per heavy atom. The van der Waals surface area contributed by atoms with Gasteiger partial charge in [0.25, 0.3) is 0 Å². The summed E-state index contributed by atoms with van der Waals surface area (Å²) in [4.78, 5) is 2.32. The highest BCUT2D eigenvalue weighted by atomic mass is 16.5. The first-order valence-electron chi connectivity index (χ1n) is 8.34. The highest BCUT2D eigenvalue weighted by Crippen LogP contribution is 2.69. The van der Waals surface area contributed by atoms with Crippen LogP contribution in [0.3, 0.4) is 0 Å². The maximum absolute atomic E-state index is 8.90. The Bertz CT molecular complexity index is 422. The molecule has 1 N–H and O–H groups in total. The fourth-order valence-corrected chi connectivity index (χ4v) is 6.83. The molecule has 5 rings (SSSR count). The molecule has 20 heavy (non-hydrogen) atoms. The number of hydrogen-bond donors (Lipinski definition) is 1. The van der Waals surface area contributed by atoms with E-state index in [1.165, 1.54) is 38.5 Å². The lowest BCUT2D eigenvalue weighted by Crippen LogP contribution is -2.61. The van der Waals surface area contributed by atoms with Crippen molar-refractivity contribution in [2.45, 2.75) is 52.4 Å². The van der Waals surface area contributed by atoms with Crippen LogP contribution in [0.4, 0.5) is 0 Å². The summed E-state index contributed by atoms with van der Waals surface area (Å²) in [6.07, 6.45) is 8.05. The van der Waals surface area contributed by atoms with Crippen molar-refractivity contribution < 1.29 is 4.74 Å². The van der Waals surface area contributed by atoms with Gasteiger partial charge in [0.2, 0.25) is 0 Å². The smallest absolute Gasteiger partial charge is 0.102 e. The first-order valence-corrected chi connectivity index (χ1v) is 8.34. The van der Waals surface area contributed by atoms with Gasteiger partial charge in [-0.1, -0.05) is 13.8 Å². The van der Waals surface area contributed by atoms with E-state index in [-0.39, 0.29) is 5.41 Å². The molecule has 4 saturated carbocycles. The molecule has 1 saturated heterocycles. The SMILES string of the molecule is CC12CC3CC(C)(C1)CC(C(=N)N1CCOCC1)(C3)C2. The molecule has 112 valence electrons. The molecule has 3 heteroatoms. The zero-order chi connectivity index (χ0) is 14.0. The van der Waals surface area contributed by atoms with Gasteiger partial charge < -0.3 is 9.64 Å². The van der Waals surface area contributed by atoms with Gasteiger partial charge in [0.05, 0.1) is 13.2 Å². The van der Waals surface area contributed by atoms with Crippen LogP contribution < -0.4 is 0 Å². The molecule has 5 aliphatic rings. The molecule has 4 bridgehead atoms. The highest BCUT2D eigenvalue weighted by molar-refractivity contribution is 5.86. The molecule has 0 aromatic carbocycles. The lowest BCUT2D eigenvalue weighted by Gasteiger charge is -2.66. The van der Waals surface area contributed by atoms with E-state index in [0.717, 1.165) is 38.1 Å². The molecule has 4 aliphatic carbocycles. The summed E-state index contributed by atoms with van der Waals surface area (Å²) in [6, 6.07) is 0. The van der Waals surface area contributed by atoms with E-state index >= 15 is 0 Å². The topological polar surface area (TPSA) is 36.3 Å². The molecular weight excluding hydrogens is 248 g/mol. The van der Waals surface area contributed by atoms with E-state index in [0.29, 0.717) is 10.8 Å². The summed E-state index contributed by atoms with van der Waals surface area (Å²) in [5, 5.41) is 8.90. The van der Waals surface area contributed by atoms with Crippen LogP contribution in [0.25, 0.3) is 0 Å². The average Bonchev–Trinajstić information content (AvgIpc) is 2.34. The van der Waals surface area contributed by atoms with Gasteiger partial charge in [0.15, 0.2) is 0 Å². The number of rotatable bonds is 1. The largest absolute Gasteiger partial charge is 0.378 e. The standard InChI is InChI=1S/C17H28N2O/c1-15-7-13-8-16(2,10-15)12-17(9-13,11-15)14(18)19-3-5-20-6-4-19/h13,18H,3-12H2,1-2H3. The molecule has 0 amide bonds. The highest BCUT2D eigenvalue weighted by Gasteiger charge is 2.62. The molecule has 1 heterocycles. The number of nitrogens with zero attached hydrogens (tertiary/aromatic N) is 1. The zero-order valence-corrected chi connectivity index (χ0v) is 13.0. The predicted octanol–water partition coefficient (Wildman–Crippen LogP) is 3.29. The summed E-state index contributed by atoms with van der Waals surface area (Å²) in [5.74, 6) is 1.84. The molecule has 0 spiro atoms. The van der Waals surface area contributed by atoms with Crippen molar-refractivity contribution in [3.05, 3.63) is 0 Å². The lowest BCUT2D eigenvalue weighted by atomic mass is 9.40. The first-order chi connectivity index (χ1) is 9.42. The molecule has 0 radical (unpaired) electrons. The summed E-state index contributed by atoms with van der Waals surface area (Å²) in [5.41, 5.74) is 1.21. The summed E-state index contributed by atoms with van der Waals surface area (Å²) in [6.45, 7) is 8.46. The fourth-order valence-electron chi connectivity index (χ4n) is 6.83. The Labute approximate surface area is 122 Å². The second kappa shape index (κ2) is 4.00. The third-order valence-corrected chi connectivity index (χ3v) is 6.46. The van der Waals surface area contributed by atoms with Gasteiger partial charge in [0, 0.05) is 18.5 Å². The number of ether oxygens (including phenoxy) is 1. The quantitative estimate of drug-likeness (QED) is 0.589. The maximum Gasteiger partial charge on any atom is 0.102 e. The van der Waals surface area contributed by atoms with Crippen LogP contribution >= 0.6 is 0 Å². The van der Waals surface area contributed by atoms with Crippen molar-refractivity contribution >= 4 is 5.84 Å². The molecule has 2 atom stereocenters. The van der Waals surface area contributed by atoms with Crippen LogP contribution in [0.15, 0.2) is 0 Å². The van der Waals surface area contributed by atoms with Crippen LogP contribution in [-0.4, -0.2) is 37.0 Å². The van der Waals surface area contributed by atoms with Crippen molar-refractivity contribution in [2.75, 3.05) is 26.3 Å². The molecular formula is C17H28N2O. The van der Waals surface area contributed by atoms with Gasteiger partial charge in [-0.15, -0.1) is 0 Å². The second-order valence-corrected chi connectivity index (χ2v) is 8.86. The Balaban J connectivity index is 1.64. The predicted molar refractivity (Wildman–Crippen MR) is 80.0 cm³/mol. The number of amidine groups is 1. The molecule has 0 aromatic heterocycles. The number of hydrogen-bond acceptors (Lipinski definition) is 2. The van der Waals surface area contributed by atoms with Crippen molar-refractivity contribution in [1.29, 1.82) is 5.41 Å². The van der Waals surface area contributed by atoms with Gasteiger partial charge in [-0.05, 0) is 55.3 Å². The van der Waals surface area contributed by atoms with Crippen LogP contribution in [0.5, 0.6) is 0 Å². The summed E-state index contributed by atoms with van der Waals surface area (Å²) in [7, 11) is 0. The van der Waals surface area contributed by atoms with E-state index in [2.05, 4.69) is 18.7 Å². The Kier molecular flexibility index (Phi) is 2.62. The van der Waals surface area contributed by atoms with E-state index in [9.17, 15) is 0 Å². The van der Waals surface area contributed by atoms with Gasteiger partial charge in [-0.3, -0.25) is 5.41 Å². The Hall–Kier alpha value is -0.570. The Morgan fingerprint density at radius 2 is 1.60 bits per heavy atom. The summed E-state index contributed by atoms with van der Waals surface area (Å²) < 4.78 is 5.47. The molecule has 1 aliphatic heterocycles. The first kappa shape index (κ1) is 13.1. The minimum Gasteiger partial charge on any atom is -0.378 e. The van der Waals surface area contributed by atoms with E-state index in [4.69, 9.17) is 10.1 Å². The minimum absolute atomic E-state index is 0.195. The van der Waals surface area contributed by atoms with Crippen molar-refractivity contribution in [1.82, 2.24) is 4.90 Å². The summed E-state index contributed by atoms with van der Waals surface area (Å²) >= 11 is 0. The van der Waals surface area contributed by atoms with E-state index in [1.54, 1.807) is 0 Å². The molecule has 2 unspecified atom stereocenters. The van der Waals surface area contributed by atoms with Gasteiger partial charge >= 0.3 is 0 Å². The fraction of sp³-hybridized carbons (Fsp3) is 0.941. The van der Waals surface area contributed by atoms with Gasteiger partial charge in [-0.25, -0.2) is 0 Å². The third-order valence-electron chi connectivity index (χ3n) is 6.46. The minimum atomic E-state index is 0.195. The van der Waals surface area contributed by atoms with Gasteiger partial charge in [0.1, 0.15) is 5.84 Å². The van der Waals surface area contributed by atoms with Crippen LogP contribution in [0.1, 0.15) is 52.4 Å². The Morgan fingerprint density at radius 3 is 2.15 bits per heavy atom. The van der Waals surface area contributed by atoms with Gasteiger partial charge in [-0.2, -0.15) is 0 Å². The molecule has 0 aromatic rings. The van der Waals surface area contributed by atoms with E-state index in [1.807, 2.05) is 0 Å². The second-order valence-electron chi connectivity index (χ2n) is 8.86. The average molecular weight is 276 g/mol. The van der Waals surface area contributed by atoms with Crippen LogP contribution in [-0.2, 0) is 4.74 Å². The number of morpholine rings is 1. The van der Waals surface area contributed by atoms with Crippen molar-refractivity contribution in [3.63, 3.8) is 0 Å².